The molecule has 0 aliphatic heterocycles. The van der Waals surface area contributed by atoms with Crippen LogP contribution < -0.4 is 16.6 Å². The van der Waals surface area contributed by atoms with Crippen molar-refractivity contribution in [1.29, 1.82) is 0 Å². The second-order valence-corrected chi connectivity index (χ2v) is 5.41. The third-order valence-corrected chi connectivity index (χ3v) is 3.65. The van der Waals surface area contributed by atoms with Crippen LogP contribution in [0, 0.1) is 12.7 Å². The first kappa shape index (κ1) is 15.9. The Hall–Kier alpha value is -3.00. The van der Waals surface area contributed by atoms with E-state index in [1.165, 1.54) is 16.6 Å². The first-order chi connectivity index (χ1) is 11.5. The standard InChI is InChI=1S/C16H16FN5O2/c1-9-8-22-14(16(24)19-9)6-12(21-22)15(23)20-13(7-18)10-4-2-3-5-11(10)17/h2-6,8,13H,7,18H2,1H3,(H,19,24)(H,20,23). The molecule has 1 atom stereocenters. The van der Waals surface area contributed by atoms with Crippen molar-refractivity contribution in [2.45, 2.75) is 13.0 Å². The summed E-state index contributed by atoms with van der Waals surface area (Å²) in [5, 5.41) is 6.73. The molecular formula is C16H16FN5O2. The van der Waals surface area contributed by atoms with Crippen LogP contribution in [0.2, 0.25) is 0 Å². The molecule has 0 aliphatic carbocycles. The molecule has 0 saturated heterocycles. The van der Waals surface area contributed by atoms with E-state index in [1.807, 2.05) is 0 Å². The van der Waals surface area contributed by atoms with E-state index in [2.05, 4.69) is 15.4 Å². The van der Waals surface area contributed by atoms with E-state index in [4.69, 9.17) is 5.73 Å². The van der Waals surface area contributed by atoms with Crippen molar-refractivity contribution >= 4 is 11.4 Å². The number of carbonyl (C=O) groups excluding carboxylic acids is 1. The highest BCUT2D eigenvalue weighted by Gasteiger charge is 2.19. The zero-order valence-electron chi connectivity index (χ0n) is 12.9. The summed E-state index contributed by atoms with van der Waals surface area (Å²) in [6, 6.07) is 6.78. The molecule has 2 aromatic heterocycles. The molecular weight excluding hydrogens is 313 g/mol. The van der Waals surface area contributed by atoms with Crippen molar-refractivity contribution in [3.8, 4) is 0 Å². The molecule has 0 fully saturated rings. The van der Waals surface area contributed by atoms with E-state index in [9.17, 15) is 14.0 Å². The molecule has 4 N–H and O–H groups in total. The number of aryl methyl sites for hydroxylation is 1. The lowest BCUT2D eigenvalue weighted by atomic mass is 10.1. The lowest BCUT2D eigenvalue weighted by Crippen LogP contribution is -2.34. The van der Waals surface area contributed by atoms with E-state index in [0.29, 0.717) is 11.3 Å². The number of nitrogens with one attached hydrogen (secondary N) is 2. The SMILES string of the molecule is Cc1cn2nc(C(=O)NC(CN)c3ccccc3F)cc2c(=O)[nH]1. The van der Waals surface area contributed by atoms with E-state index >= 15 is 0 Å². The predicted molar refractivity (Wildman–Crippen MR) is 86.2 cm³/mol. The monoisotopic (exact) mass is 329 g/mol. The fourth-order valence-corrected chi connectivity index (χ4v) is 2.49. The smallest absolute Gasteiger partial charge is 0.274 e. The molecule has 8 heteroatoms. The Labute approximate surface area is 136 Å². The van der Waals surface area contributed by atoms with Crippen LogP contribution in [-0.4, -0.2) is 27.0 Å². The largest absolute Gasteiger partial charge is 0.342 e. The van der Waals surface area contributed by atoms with Gasteiger partial charge >= 0.3 is 0 Å². The second kappa shape index (κ2) is 6.25. The number of carbonyl (C=O) groups is 1. The van der Waals surface area contributed by atoms with Gasteiger partial charge < -0.3 is 16.0 Å². The van der Waals surface area contributed by atoms with Gasteiger partial charge in [0.15, 0.2) is 5.69 Å². The van der Waals surface area contributed by atoms with Gasteiger partial charge in [0.1, 0.15) is 11.3 Å². The summed E-state index contributed by atoms with van der Waals surface area (Å²) >= 11 is 0. The highest BCUT2D eigenvalue weighted by Crippen LogP contribution is 2.16. The average molecular weight is 329 g/mol. The molecule has 0 bridgehead atoms. The second-order valence-electron chi connectivity index (χ2n) is 5.41. The topological polar surface area (TPSA) is 105 Å². The number of fused-ring (bicyclic) bond motifs is 1. The third kappa shape index (κ3) is 2.91. The van der Waals surface area contributed by atoms with Gasteiger partial charge in [-0.05, 0) is 13.0 Å². The van der Waals surface area contributed by atoms with Gasteiger partial charge in [0, 0.05) is 30.1 Å². The van der Waals surface area contributed by atoms with Crippen molar-refractivity contribution in [2.75, 3.05) is 6.54 Å². The Kier molecular flexibility index (Phi) is 4.13. The van der Waals surface area contributed by atoms with E-state index in [-0.39, 0.29) is 23.3 Å². The van der Waals surface area contributed by atoms with Crippen LogP contribution in [-0.2, 0) is 0 Å². The minimum absolute atomic E-state index is 0.0275. The minimum atomic E-state index is -0.691. The molecule has 0 saturated carbocycles. The number of amides is 1. The lowest BCUT2D eigenvalue weighted by Gasteiger charge is -2.17. The molecule has 0 radical (unpaired) electrons. The maximum Gasteiger partial charge on any atom is 0.274 e. The van der Waals surface area contributed by atoms with Gasteiger partial charge in [-0.3, -0.25) is 9.59 Å². The number of aromatic amines is 1. The summed E-state index contributed by atoms with van der Waals surface area (Å²) in [7, 11) is 0. The molecule has 3 aromatic rings. The average Bonchev–Trinajstić information content (AvgIpc) is 2.97. The Morgan fingerprint density at radius 2 is 2.21 bits per heavy atom. The van der Waals surface area contributed by atoms with Gasteiger partial charge in [0.25, 0.3) is 11.5 Å². The maximum atomic E-state index is 13.9. The van der Waals surface area contributed by atoms with Gasteiger partial charge in [-0.25, -0.2) is 8.91 Å². The fourth-order valence-electron chi connectivity index (χ4n) is 2.49. The summed E-state index contributed by atoms with van der Waals surface area (Å²) in [6.45, 7) is 1.74. The number of benzene rings is 1. The van der Waals surface area contributed by atoms with Crippen molar-refractivity contribution in [3.05, 3.63) is 69.7 Å². The van der Waals surface area contributed by atoms with Crippen molar-refractivity contribution in [1.82, 2.24) is 19.9 Å². The molecule has 1 aromatic carbocycles. The quantitative estimate of drug-likeness (QED) is 0.661. The molecule has 1 amide bonds. The van der Waals surface area contributed by atoms with Gasteiger partial charge in [-0.15, -0.1) is 0 Å². The number of hydrogen-bond acceptors (Lipinski definition) is 4. The molecule has 2 heterocycles. The van der Waals surface area contributed by atoms with Gasteiger partial charge in [-0.1, -0.05) is 18.2 Å². The molecule has 7 nitrogen and oxygen atoms in total. The van der Waals surface area contributed by atoms with Crippen LogP contribution in [0.4, 0.5) is 4.39 Å². The van der Waals surface area contributed by atoms with Crippen molar-refractivity contribution in [2.24, 2.45) is 5.73 Å². The molecule has 3 rings (SSSR count). The number of nitrogens with zero attached hydrogens (tertiary/aromatic N) is 2. The number of nitrogens with two attached hydrogens (primary N) is 1. The Morgan fingerprint density at radius 3 is 2.92 bits per heavy atom. The zero-order chi connectivity index (χ0) is 17.3. The summed E-state index contributed by atoms with van der Waals surface area (Å²) in [4.78, 5) is 26.9. The van der Waals surface area contributed by atoms with E-state index in [1.54, 1.807) is 31.3 Å². The fraction of sp³-hybridized carbons (Fsp3) is 0.188. The lowest BCUT2D eigenvalue weighted by molar-refractivity contribution is 0.0932. The minimum Gasteiger partial charge on any atom is -0.342 e. The van der Waals surface area contributed by atoms with Gasteiger partial charge in [0.2, 0.25) is 0 Å². The van der Waals surface area contributed by atoms with E-state index in [0.717, 1.165) is 0 Å². The first-order valence-corrected chi connectivity index (χ1v) is 7.34. The summed E-state index contributed by atoms with van der Waals surface area (Å²) < 4.78 is 15.2. The highest BCUT2D eigenvalue weighted by molar-refractivity contribution is 5.93. The van der Waals surface area contributed by atoms with Crippen LogP contribution >= 0.6 is 0 Å². The van der Waals surface area contributed by atoms with Crippen LogP contribution in [0.3, 0.4) is 0 Å². The number of rotatable bonds is 4. The number of H-pyrrole nitrogens is 1. The maximum absolute atomic E-state index is 13.9. The van der Waals surface area contributed by atoms with Crippen LogP contribution in [0.15, 0.2) is 41.3 Å². The zero-order valence-corrected chi connectivity index (χ0v) is 12.9. The number of aromatic nitrogens is 3. The van der Waals surface area contributed by atoms with Gasteiger partial charge in [0.05, 0.1) is 6.04 Å². The van der Waals surface area contributed by atoms with Gasteiger partial charge in [-0.2, -0.15) is 5.10 Å². The summed E-state index contributed by atoms with van der Waals surface area (Å²) in [6.07, 6.45) is 1.60. The molecule has 1 unspecified atom stereocenters. The normalized spacial score (nSPS) is 12.3. The van der Waals surface area contributed by atoms with Crippen molar-refractivity contribution in [3.63, 3.8) is 0 Å². The van der Waals surface area contributed by atoms with Crippen LogP contribution in [0.25, 0.3) is 5.52 Å². The Morgan fingerprint density at radius 1 is 1.46 bits per heavy atom. The molecule has 0 aliphatic rings. The summed E-state index contributed by atoms with van der Waals surface area (Å²) in [5.41, 5.74) is 6.54. The summed E-state index contributed by atoms with van der Waals surface area (Å²) in [5.74, 6) is -0.982. The van der Waals surface area contributed by atoms with Crippen LogP contribution in [0.1, 0.15) is 27.8 Å². The van der Waals surface area contributed by atoms with E-state index < -0.39 is 17.8 Å². The number of hydrogen-bond donors (Lipinski definition) is 3. The van der Waals surface area contributed by atoms with Crippen molar-refractivity contribution < 1.29 is 9.18 Å². The van der Waals surface area contributed by atoms with Crippen LogP contribution in [0.5, 0.6) is 0 Å². The third-order valence-electron chi connectivity index (χ3n) is 3.65. The molecule has 124 valence electrons. The molecule has 24 heavy (non-hydrogen) atoms. The number of halogens is 1. The molecule has 0 spiro atoms. The highest BCUT2D eigenvalue weighted by atomic mass is 19.1. The Balaban J connectivity index is 1.90. The Bertz CT molecular complexity index is 963. The first-order valence-electron chi connectivity index (χ1n) is 7.34. The predicted octanol–water partition coefficient (Wildman–Crippen LogP) is 0.900.